The van der Waals surface area contributed by atoms with E-state index in [0.29, 0.717) is 12.6 Å². The smallest absolute Gasteiger partial charge is 0.229 e. The van der Waals surface area contributed by atoms with Crippen molar-refractivity contribution in [2.75, 3.05) is 31.6 Å². The lowest BCUT2D eigenvalue weighted by atomic mass is 10.1. The Balaban J connectivity index is 1.32. The number of anilines is 2. The number of hydrogen-bond donors (Lipinski definition) is 2. The molecule has 1 saturated heterocycles. The largest absolute Gasteiger partial charge is 0.492 e. The molecule has 0 aliphatic carbocycles. The first-order valence-corrected chi connectivity index (χ1v) is 12.1. The average molecular weight is 476 g/mol. The molecule has 0 saturated carbocycles. The van der Waals surface area contributed by atoms with Crippen LogP contribution in [0.15, 0.2) is 60.9 Å². The Labute approximate surface area is 204 Å². The van der Waals surface area contributed by atoms with Gasteiger partial charge in [-0.25, -0.2) is 9.37 Å². The highest BCUT2D eigenvalue weighted by Crippen LogP contribution is 2.26. The van der Waals surface area contributed by atoms with Gasteiger partial charge in [-0.2, -0.15) is 4.98 Å². The molecule has 0 radical (unpaired) electrons. The van der Waals surface area contributed by atoms with Crippen LogP contribution in [0, 0.1) is 5.82 Å². The van der Waals surface area contributed by atoms with Crippen LogP contribution in [0.2, 0.25) is 0 Å². The summed E-state index contributed by atoms with van der Waals surface area (Å²) in [4.78, 5) is 10.9. The summed E-state index contributed by atoms with van der Waals surface area (Å²) in [6, 6.07) is 15.7. The van der Waals surface area contributed by atoms with Gasteiger partial charge in [0.15, 0.2) is 11.6 Å². The Hall–Kier alpha value is -3.49. The number of halogens is 1. The van der Waals surface area contributed by atoms with Crippen molar-refractivity contribution in [2.45, 2.75) is 32.3 Å². The molecular formula is C27H30FN5O2. The number of nitrogens with zero attached hydrogens (tertiary/aromatic N) is 4. The van der Waals surface area contributed by atoms with Crippen molar-refractivity contribution in [3.63, 3.8) is 0 Å². The van der Waals surface area contributed by atoms with E-state index in [4.69, 9.17) is 4.74 Å². The van der Waals surface area contributed by atoms with Crippen molar-refractivity contribution in [1.82, 2.24) is 19.4 Å². The zero-order chi connectivity index (χ0) is 24.2. The van der Waals surface area contributed by atoms with Crippen LogP contribution >= 0.6 is 0 Å². The van der Waals surface area contributed by atoms with Crippen LogP contribution in [-0.2, 0) is 6.42 Å². The molecule has 35 heavy (non-hydrogen) atoms. The van der Waals surface area contributed by atoms with Gasteiger partial charge in [0.2, 0.25) is 5.95 Å². The molecule has 7 nitrogen and oxygen atoms in total. The predicted octanol–water partition coefficient (Wildman–Crippen LogP) is 4.70. The molecule has 8 heteroatoms. The maximum Gasteiger partial charge on any atom is 0.229 e. The molecule has 0 amide bonds. The van der Waals surface area contributed by atoms with Crippen molar-refractivity contribution >= 4 is 22.5 Å². The number of aliphatic hydroxyl groups is 1. The van der Waals surface area contributed by atoms with Gasteiger partial charge in [-0.1, -0.05) is 25.1 Å². The molecule has 0 unspecified atom stereocenters. The minimum Gasteiger partial charge on any atom is -0.492 e. The second kappa shape index (κ2) is 10.4. The number of aromatic nitrogens is 3. The Morgan fingerprint density at radius 1 is 1.14 bits per heavy atom. The lowest BCUT2D eigenvalue weighted by Crippen LogP contribution is -2.38. The SMILES string of the molecule is CCc1cc(Nc2ncc(F)c(-n3ccc4ccccc43)n2)cc(OCCN2CCC(O)CC2)c1. The Kier molecular flexibility index (Phi) is 6.92. The second-order valence-corrected chi connectivity index (χ2v) is 8.88. The molecule has 0 bridgehead atoms. The predicted molar refractivity (Wildman–Crippen MR) is 135 cm³/mol. The van der Waals surface area contributed by atoms with Gasteiger partial charge in [0.05, 0.1) is 17.8 Å². The Morgan fingerprint density at radius 3 is 2.80 bits per heavy atom. The molecule has 1 aliphatic heterocycles. The van der Waals surface area contributed by atoms with Crippen LogP contribution in [0.1, 0.15) is 25.3 Å². The molecule has 1 fully saturated rings. The van der Waals surface area contributed by atoms with Crippen molar-refractivity contribution in [2.24, 2.45) is 0 Å². The van der Waals surface area contributed by atoms with E-state index in [9.17, 15) is 9.50 Å². The van der Waals surface area contributed by atoms with Crippen molar-refractivity contribution in [1.29, 1.82) is 0 Å². The van der Waals surface area contributed by atoms with E-state index in [0.717, 1.165) is 66.8 Å². The molecule has 2 aromatic carbocycles. The molecular weight excluding hydrogens is 445 g/mol. The number of para-hydroxylation sites is 1. The fourth-order valence-electron chi connectivity index (χ4n) is 4.44. The van der Waals surface area contributed by atoms with Crippen LogP contribution in [0.3, 0.4) is 0 Å². The van der Waals surface area contributed by atoms with E-state index in [1.54, 1.807) is 4.57 Å². The second-order valence-electron chi connectivity index (χ2n) is 8.88. The van der Waals surface area contributed by atoms with Gasteiger partial charge in [0.1, 0.15) is 12.4 Å². The third-order valence-corrected chi connectivity index (χ3v) is 6.42. The summed E-state index contributed by atoms with van der Waals surface area (Å²) in [5.74, 6) is 0.778. The van der Waals surface area contributed by atoms with Gasteiger partial charge in [0.25, 0.3) is 0 Å². The van der Waals surface area contributed by atoms with Crippen molar-refractivity contribution < 1.29 is 14.2 Å². The first kappa shape index (κ1) is 23.3. The van der Waals surface area contributed by atoms with Gasteiger partial charge in [0, 0.05) is 37.6 Å². The van der Waals surface area contributed by atoms with Crippen LogP contribution in [-0.4, -0.2) is 56.9 Å². The highest BCUT2D eigenvalue weighted by molar-refractivity contribution is 5.81. The van der Waals surface area contributed by atoms with Crippen LogP contribution in [0.25, 0.3) is 16.7 Å². The molecule has 4 aromatic rings. The standard InChI is InChI=1S/C27H30FN5O2/c1-2-19-15-21(17-23(16-19)35-14-13-32-10-8-22(34)9-11-32)30-27-29-18-24(28)26(31-27)33-12-7-20-5-3-4-6-25(20)33/h3-7,12,15-18,22,34H,2,8-11,13-14H2,1H3,(H,29,30,31). The van der Waals surface area contributed by atoms with E-state index in [-0.39, 0.29) is 11.9 Å². The number of benzene rings is 2. The lowest BCUT2D eigenvalue weighted by Gasteiger charge is -2.29. The number of piperidine rings is 1. The van der Waals surface area contributed by atoms with E-state index < -0.39 is 5.82 Å². The maximum absolute atomic E-state index is 14.7. The van der Waals surface area contributed by atoms with E-state index in [1.165, 1.54) is 6.20 Å². The molecule has 0 spiro atoms. The number of aliphatic hydroxyl groups excluding tert-OH is 1. The number of nitrogens with one attached hydrogen (secondary N) is 1. The highest BCUT2D eigenvalue weighted by Gasteiger charge is 2.17. The summed E-state index contributed by atoms with van der Waals surface area (Å²) >= 11 is 0. The number of ether oxygens (including phenoxy) is 1. The molecule has 2 aromatic heterocycles. The first-order valence-electron chi connectivity index (χ1n) is 12.1. The lowest BCUT2D eigenvalue weighted by molar-refractivity contribution is 0.0755. The number of fused-ring (bicyclic) bond motifs is 1. The van der Waals surface area contributed by atoms with Crippen molar-refractivity contribution in [3.8, 4) is 11.6 Å². The number of aryl methyl sites for hydroxylation is 1. The van der Waals surface area contributed by atoms with Crippen LogP contribution < -0.4 is 10.1 Å². The summed E-state index contributed by atoms with van der Waals surface area (Å²) in [6.07, 6.45) is 5.31. The molecule has 182 valence electrons. The number of hydrogen-bond acceptors (Lipinski definition) is 6. The van der Waals surface area contributed by atoms with Crippen LogP contribution in [0.4, 0.5) is 16.0 Å². The highest BCUT2D eigenvalue weighted by atomic mass is 19.1. The third kappa shape index (κ3) is 5.44. The van der Waals surface area contributed by atoms with Gasteiger partial charge in [-0.3, -0.25) is 9.47 Å². The van der Waals surface area contributed by atoms with E-state index >= 15 is 0 Å². The zero-order valence-electron chi connectivity index (χ0n) is 19.8. The number of rotatable bonds is 8. The summed E-state index contributed by atoms with van der Waals surface area (Å²) in [5.41, 5.74) is 2.78. The third-order valence-electron chi connectivity index (χ3n) is 6.42. The van der Waals surface area contributed by atoms with Crippen molar-refractivity contribution in [3.05, 3.63) is 72.3 Å². The zero-order valence-corrected chi connectivity index (χ0v) is 19.8. The Morgan fingerprint density at radius 2 is 1.97 bits per heavy atom. The molecule has 1 aliphatic rings. The van der Waals surface area contributed by atoms with Gasteiger partial charge in [-0.15, -0.1) is 0 Å². The topological polar surface area (TPSA) is 75.4 Å². The molecule has 3 heterocycles. The van der Waals surface area contributed by atoms with E-state index in [2.05, 4.69) is 27.1 Å². The van der Waals surface area contributed by atoms with E-state index in [1.807, 2.05) is 54.7 Å². The van der Waals surface area contributed by atoms with Crippen LogP contribution in [0.5, 0.6) is 5.75 Å². The van der Waals surface area contributed by atoms with Gasteiger partial charge in [-0.05, 0) is 54.5 Å². The monoisotopic (exact) mass is 475 g/mol. The molecule has 5 rings (SSSR count). The fraction of sp³-hybridized carbons (Fsp3) is 0.333. The summed E-state index contributed by atoms with van der Waals surface area (Å²) in [6.45, 7) is 5.27. The summed E-state index contributed by atoms with van der Waals surface area (Å²) in [7, 11) is 0. The summed E-state index contributed by atoms with van der Waals surface area (Å²) < 4.78 is 22.5. The Bertz CT molecular complexity index is 1300. The molecule has 2 N–H and O–H groups in total. The minimum atomic E-state index is -0.492. The fourth-order valence-corrected chi connectivity index (χ4v) is 4.44. The normalized spacial score (nSPS) is 14.9. The first-order chi connectivity index (χ1) is 17.1. The average Bonchev–Trinajstić information content (AvgIpc) is 3.30. The number of likely N-dealkylation sites (tertiary alicyclic amines) is 1. The van der Waals surface area contributed by atoms with Gasteiger partial charge >= 0.3 is 0 Å². The summed E-state index contributed by atoms with van der Waals surface area (Å²) in [5, 5.41) is 13.9. The maximum atomic E-state index is 14.7. The quantitative estimate of drug-likeness (QED) is 0.385. The van der Waals surface area contributed by atoms with Gasteiger partial charge < -0.3 is 15.2 Å². The minimum absolute atomic E-state index is 0.174. The molecule has 0 atom stereocenters.